The van der Waals surface area contributed by atoms with E-state index in [2.05, 4.69) is 0 Å². The minimum atomic E-state index is -0.499. The maximum atomic E-state index is 12.3. The number of non-ortho nitro benzene ring substituents is 1. The lowest BCUT2D eigenvalue weighted by atomic mass is 10.1. The van der Waals surface area contributed by atoms with Crippen molar-refractivity contribution in [3.8, 4) is 0 Å². The molecule has 1 heterocycles. The molecule has 102 valence electrons. The van der Waals surface area contributed by atoms with Crippen LogP contribution in [0.4, 0.5) is 5.69 Å². The fraction of sp³-hybridized carbons (Fsp3) is 0.462. The van der Waals surface area contributed by atoms with E-state index in [9.17, 15) is 14.9 Å². The van der Waals surface area contributed by atoms with Gasteiger partial charge < -0.3 is 9.64 Å². The molecule has 0 bridgehead atoms. The highest BCUT2D eigenvalue weighted by Gasteiger charge is 2.27. The average molecular weight is 264 g/mol. The summed E-state index contributed by atoms with van der Waals surface area (Å²) in [5.41, 5.74) is 0.274. The highest BCUT2D eigenvalue weighted by molar-refractivity contribution is 5.94. The number of morpholine rings is 1. The van der Waals surface area contributed by atoms with Crippen molar-refractivity contribution in [2.24, 2.45) is 0 Å². The molecule has 1 amide bonds. The van der Waals surface area contributed by atoms with Crippen molar-refractivity contribution in [1.29, 1.82) is 0 Å². The van der Waals surface area contributed by atoms with Gasteiger partial charge in [-0.15, -0.1) is 0 Å². The average Bonchev–Trinajstić information content (AvgIpc) is 2.37. The second-order valence-corrected chi connectivity index (χ2v) is 4.77. The van der Waals surface area contributed by atoms with Crippen LogP contribution in [0.5, 0.6) is 0 Å². The normalized spacial score (nSPS) is 23.2. The summed E-state index contributed by atoms with van der Waals surface area (Å²) >= 11 is 0. The molecular weight excluding hydrogens is 248 g/mol. The second kappa shape index (κ2) is 5.36. The standard InChI is InChI=1S/C13H16N2O4/c1-9-7-14(8-10(2)19-9)13(16)11-4-3-5-12(6-11)15(17)18/h3-6,9-10H,7-8H2,1-2H3. The first kappa shape index (κ1) is 13.5. The minimum Gasteiger partial charge on any atom is -0.372 e. The molecule has 2 atom stereocenters. The number of nitro benzene ring substituents is 1. The first-order valence-electron chi connectivity index (χ1n) is 6.16. The summed E-state index contributed by atoms with van der Waals surface area (Å²) in [6.07, 6.45) is -0.0437. The molecule has 1 aliphatic heterocycles. The number of nitrogens with zero attached hydrogens (tertiary/aromatic N) is 2. The van der Waals surface area contributed by atoms with Crippen molar-refractivity contribution >= 4 is 11.6 Å². The van der Waals surface area contributed by atoms with Crippen LogP contribution in [0, 0.1) is 10.1 Å². The Morgan fingerprint density at radius 3 is 2.58 bits per heavy atom. The van der Waals surface area contributed by atoms with E-state index in [1.54, 1.807) is 11.0 Å². The van der Waals surface area contributed by atoms with Gasteiger partial charge in [0.05, 0.1) is 17.1 Å². The Hall–Kier alpha value is -1.95. The molecule has 6 heteroatoms. The number of ether oxygens (including phenoxy) is 1. The zero-order valence-electron chi connectivity index (χ0n) is 10.9. The first-order chi connectivity index (χ1) is 8.97. The van der Waals surface area contributed by atoms with Crippen LogP contribution >= 0.6 is 0 Å². The molecule has 6 nitrogen and oxygen atoms in total. The largest absolute Gasteiger partial charge is 0.372 e. The lowest BCUT2D eigenvalue weighted by molar-refractivity contribution is -0.384. The number of nitro groups is 1. The predicted molar refractivity (Wildman–Crippen MR) is 69.0 cm³/mol. The number of hydrogen-bond donors (Lipinski definition) is 0. The van der Waals surface area contributed by atoms with E-state index in [4.69, 9.17) is 4.74 Å². The zero-order valence-corrected chi connectivity index (χ0v) is 10.9. The van der Waals surface area contributed by atoms with Gasteiger partial charge in [-0.1, -0.05) is 6.07 Å². The lowest BCUT2D eigenvalue weighted by Gasteiger charge is -2.35. The van der Waals surface area contributed by atoms with Crippen LogP contribution < -0.4 is 0 Å². The maximum Gasteiger partial charge on any atom is 0.270 e. The summed E-state index contributed by atoms with van der Waals surface area (Å²) in [5.74, 6) is -0.189. The summed E-state index contributed by atoms with van der Waals surface area (Å²) in [4.78, 5) is 24.2. The third-order valence-electron chi connectivity index (χ3n) is 3.01. The van der Waals surface area contributed by atoms with Crippen LogP contribution in [0.15, 0.2) is 24.3 Å². The number of carbonyl (C=O) groups excluding carboxylic acids is 1. The Balaban J connectivity index is 2.19. The number of carbonyl (C=O) groups is 1. The van der Waals surface area contributed by atoms with Crippen molar-refractivity contribution in [2.75, 3.05) is 13.1 Å². The summed E-state index contributed by atoms with van der Waals surface area (Å²) < 4.78 is 5.56. The fourth-order valence-electron chi connectivity index (χ4n) is 2.28. The molecule has 0 N–H and O–H groups in total. The summed E-state index contributed by atoms with van der Waals surface area (Å²) in [7, 11) is 0. The molecule has 0 aliphatic carbocycles. The van der Waals surface area contributed by atoms with Gasteiger partial charge in [-0.05, 0) is 19.9 Å². The molecule has 0 aromatic heterocycles. The van der Waals surface area contributed by atoms with Gasteiger partial charge in [0.2, 0.25) is 0 Å². The molecule has 1 fully saturated rings. The molecule has 2 rings (SSSR count). The Labute approximate surface area is 111 Å². The van der Waals surface area contributed by atoms with E-state index >= 15 is 0 Å². The van der Waals surface area contributed by atoms with Crippen LogP contribution in [0.1, 0.15) is 24.2 Å². The Kier molecular flexibility index (Phi) is 3.80. The third-order valence-corrected chi connectivity index (χ3v) is 3.01. The van der Waals surface area contributed by atoms with Gasteiger partial charge in [0, 0.05) is 30.8 Å². The van der Waals surface area contributed by atoms with Gasteiger partial charge in [0.15, 0.2) is 0 Å². The van der Waals surface area contributed by atoms with E-state index in [1.165, 1.54) is 18.2 Å². The molecule has 19 heavy (non-hydrogen) atoms. The van der Waals surface area contributed by atoms with Crippen LogP contribution in [-0.4, -0.2) is 41.0 Å². The zero-order chi connectivity index (χ0) is 14.0. The van der Waals surface area contributed by atoms with E-state index in [1.807, 2.05) is 13.8 Å². The summed E-state index contributed by atoms with van der Waals surface area (Å²) in [6.45, 7) is 4.82. The molecule has 1 aliphatic rings. The molecule has 1 aromatic carbocycles. The number of rotatable bonds is 2. The third kappa shape index (κ3) is 3.08. The SMILES string of the molecule is CC1CN(C(=O)c2cccc([N+](=O)[O-])c2)CC(C)O1. The summed E-state index contributed by atoms with van der Waals surface area (Å²) in [5, 5.41) is 10.7. The number of amides is 1. The van der Waals surface area contributed by atoms with Crippen molar-refractivity contribution in [3.05, 3.63) is 39.9 Å². The van der Waals surface area contributed by atoms with Crippen molar-refractivity contribution in [2.45, 2.75) is 26.1 Å². The molecular formula is C13H16N2O4. The number of benzene rings is 1. The minimum absolute atomic E-state index is 0.0219. The lowest BCUT2D eigenvalue weighted by Crippen LogP contribution is -2.48. The van der Waals surface area contributed by atoms with Gasteiger partial charge in [-0.2, -0.15) is 0 Å². The monoisotopic (exact) mass is 264 g/mol. The molecule has 1 aromatic rings. The molecule has 0 saturated carbocycles. The molecule has 0 radical (unpaired) electrons. The maximum absolute atomic E-state index is 12.3. The van der Waals surface area contributed by atoms with Gasteiger partial charge in [0.25, 0.3) is 11.6 Å². The van der Waals surface area contributed by atoms with E-state index < -0.39 is 4.92 Å². The Morgan fingerprint density at radius 2 is 2.00 bits per heavy atom. The number of hydrogen-bond acceptors (Lipinski definition) is 4. The van der Waals surface area contributed by atoms with Crippen LogP contribution in [0.25, 0.3) is 0 Å². The first-order valence-corrected chi connectivity index (χ1v) is 6.16. The smallest absolute Gasteiger partial charge is 0.270 e. The highest BCUT2D eigenvalue weighted by atomic mass is 16.6. The quantitative estimate of drug-likeness (QED) is 0.603. The van der Waals surface area contributed by atoms with Crippen molar-refractivity contribution in [1.82, 2.24) is 4.90 Å². The molecule has 0 spiro atoms. The van der Waals surface area contributed by atoms with Gasteiger partial charge in [0.1, 0.15) is 0 Å². The van der Waals surface area contributed by atoms with Gasteiger partial charge in [-0.25, -0.2) is 0 Å². The van der Waals surface area contributed by atoms with Gasteiger partial charge in [-0.3, -0.25) is 14.9 Å². The molecule has 2 unspecified atom stereocenters. The highest BCUT2D eigenvalue weighted by Crippen LogP contribution is 2.18. The Morgan fingerprint density at radius 1 is 1.37 bits per heavy atom. The predicted octanol–water partition coefficient (Wildman–Crippen LogP) is 1.84. The van der Waals surface area contributed by atoms with Crippen molar-refractivity contribution in [3.63, 3.8) is 0 Å². The van der Waals surface area contributed by atoms with Crippen molar-refractivity contribution < 1.29 is 14.5 Å². The molecule has 1 saturated heterocycles. The summed E-state index contributed by atoms with van der Waals surface area (Å²) in [6, 6.07) is 5.81. The van der Waals surface area contributed by atoms with E-state index in [0.717, 1.165) is 0 Å². The van der Waals surface area contributed by atoms with Crippen LogP contribution in [0.2, 0.25) is 0 Å². The fourth-order valence-corrected chi connectivity index (χ4v) is 2.28. The van der Waals surface area contributed by atoms with Crippen LogP contribution in [-0.2, 0) is 4.74 Å². The van der Waals surface area contributed by atoms with E-state index in [0.29, 0.717) is 18.7 Å². The second-order valence-electron chi connectivity index (χ2n) is 4.77. The van der Waals surface area contributed by atoms with E-state index in [-0.39, 0.29) is 23.8 Å². The topological polar surface area (TPSA) is 72.7 Å². The van der Waals surface area contributed by atoms with Gasteiger partial charge >= 0.3 is 0 Å². The van der Waals surface area contributed by atoms with Crippen LogP contribution in [0.3, 0.4) is 0 Å². The Bertz CT molecular complexity index is 493.